The SMILES string of the molecule is NC(=O)C(F)(F)c1ccc(-c2ccc(F)cc2)s1. The summed E-state index contributed by atoms with van der Waals surface area (Å²) in [6.45, 7) is 0. The van der Waals surface area contributed by atoms with Crippen molar-refractivity contribution in [3.05, 3.63) is 47.1 Å². The monoisotopic (exact) mass is 271 g/mol. The number of hydrogen-bond donors (Lipinski definition) is 1. The van der Waals surface area contributed by atoms with E-state index in [1.807, 2.05) is 0 Å². The molecule has 2 N–H and O–H groups in total. The molecule has 0 aliphatic carbocycles. The molecule has 0 unspecified atom stereocenters. The number of nitrogens with two attached hydrogens (primary N) is 1. The highest BCUT2D eigenvalue weighted by atomic mass is 32.1. The first-order valence-corrected chi connectivity index (χ1v) is 5.77. The maximum Gasteiger partial charge on any atom is 0.358 e. The number of amides is 1. The second-order valence-electron chi connectivity index (χ2n) is 3.61. The molecule has 1 aromatic heterocycles. The van der Waals surface area contributed by atoms with Gasteiger partial charge in [-0.3, -0.25) is 4.79 Å². The molecule has 2 rings (SSSR count). The second-order valence-corrected chi connectivity index (χ2v) is 4.69. The lowest BCUT2D eigenvalue weighted by atomic mass is 10.2. The van der Waals surface area contributed by atoms with Gasteiger partial charge in [0.25, 0.3) is 5.91 Å². The van der Waals surface area contributed by atoms with Gasteiger partial charge in [0, 0.05) is 4.88 Å². The van der Waals surface area contributed by atoms with Crippen LogP contribution < -0.4 is 5.73 Å². The van der Waals surface area contributed by atoms with E-state index in [0.717, 1.165) is 17.4 Å². The Kier molecular flexibility index (Phi) is 3.13. The molecule has 2 aromatic rings. The molecule has 1 aromatic carbocycles. The van der Waals surface area contributed by atoms with Gasteiger partial charge in [-0.05, 0) is 29.8 Å². The first kappa shape index (κ1) is 12.6. The summed E-state index contributed by atoms with van der Waals surface area (Å²) >= 11 is 0.754. The van der Waals surface area contributed by atoms with Crippen LogP contribution in [0.15, 0.2) is 36.4 Å². The topological polar surface area (TPSA) is 43.1 Å². The number of primary amides is 1. The molecule has 0 aliphatic heterocycles. The Morgan fingerprint density at radius 2 is 1.72 bits per heavy atom. The van der Waals surface area contributed by atoms with Gasteiger partial charge in [-0.15, -0.1) is 11.3 Å². The van der Waals surface area contributed by atoms with Crippen molar-refractivity contribution in [1.82, 2.24) is 0 Å². The van der Waals surface area contributed by atoms with Crippen molar-refractivity contribution in [1.29, 1.82) is 0 Å². The molecule has 0 spiro atoms. The summed E-state index contributed by atoms with van der Waals surface area (Å²) in [7, 11) is 0. The molecule has 0 bridgehead atoms. The summed E-state index contributed by atoms with van der Waals surface area (Å²) < 4.78 is 39.4. The third kappa shape index (κ3) is 2.24. The quantitative estimate of drug-likeness (QED) is 0.915. The van der Waals surface area contributed by atoms with E-state index >= 15 is 0 Å². The molecule has 0 aliphatic rings. The predicted octanol–water partition coefficient (Wildman–Crippen LogP) is 3.13. The van der Waals surface area contributed by atoms with Crippen molar-refractivity contribution in [3.8, 4) is 10.4 Å². The van der Waals surface area contributed by atoms with Crippen LogP contribution in [0.5, 0.6) is 0 Å². The number of carbonyl (C=O) groups is 1. The van der Waals surface area contributed by atoms with Crippen molar-refractivity contribution < 1.29 is 18.0 Å². The van der Waals surface area contributed by atoms with Gasteiger partial charge in [0.05, 0.1) is 4.88 Å². The molecule has 94 valence electrons. The smallest absolute Gasteiger partial charge is 0.358 e. The average molecular weight is 271 g/mol. The first-order valence-electron chi connectivity index (χ1n) is 4.95. The summed E-state index contributed by atoms with van der Waals surface area (Å²) in [6.07, 6.45) is 0. The van der Waals surface area contributed by atoms with Crippen molar-refractivity contribution in [3.63, 3.8) is 0 Å². The van der Waals surface area contributed by atoms with Gasteiger partial charge >= 0.3 is 5.92 Å². The molecule has 1 heterocycles. The molecular formula is C12H8F3NOS. The van der Waals surface area contributed by atoms with E-state index in [0.29, 0.717) is 10.4 Å². The Morgan fingerprint density at radius 1 is 1.11 bits per heavy atom. The number of hydrogen-bond acceptors (Lipinski definition) is 2. The largest absolute Gasteiger partial charge is 0.364 e. The van der Waals surface area contributed by atoms with Crippen LogP contribution in [-0.2, 0) is 10.7 Å². The maximum absolute atomic E-state index is 13.3. The molecule has 2 nitrogen and oxygen atoms in total. The van der Waals surface area contributed by atoms with Crippen LogP contribution in [0, 0.1) is 5.82 Å². The number of carbonyl (C=O) groups excluding carboxylic acids is 1. The fraction of sp³-hybridized carbons (Fsp3) is 0.0833. The third-order valence-electron chi connectivity index (χ3n) is 2.35. The lowest BCUT2D eigenvalue weighted by Crippen LogP contribution is -2.31. The highest BCUT2D eigenvalue weighted by Gasteiger charge is 2.40. The van der Waals surface area contributed by atoms with E-state index in [9.17, 15) is 18.0 Å². The predicted molar refractivity (Wildman–Crippen MR) is 62.8 cm³/mol. The lowest BCUT2D eigenvalue weighted by molar-refractivity contribution is -0.142. The molecule has 0 saturated heterocycles. The standard InChI is InChI=1S/C12H8F3NOS/c13-8-3-1-7(2-4-8)9-5-6-10(18-9)12(14,15)11(16)17/h1-6H,(H2,16,17). The van der Waals surface area contributed by atoms with Crippen molar-refractivity contribution >= 4 is 17.2 Å². The molecule has 1 amide bonds. The van der Waals surface area contributed by atoms with Crippen LogP contribution in [0.2, 0.25) is 0 Å². The number of halogens is 3. The van der Waals surface area contributed by atoms with Crippen LogP contribution in [0.4, 0.5) is 13.2 Å². The van der Waals surface area contributed by atoms with Crippen molar-refractivity contribution in [2.75, 3.05) is 0 Å². The molecule has 18 heavy (non-hydrogen) atoms. The summed E-state index contributed by atoms with van der Waals surface area (Å²) in [5.41, 5.74) is 5.24. The normalized spacial score (nSPS) is 11.5. The Bertz CT molecular complexity index is 577. The van der Waals surface area contributed by atoms with Gasteiger partial charge in [0.2, 0.25) is 0 Å². The second kappa shape index (κ2) is 4.45. The summed E-state index contributed by atoms with van der Waals surface area (Å²) in [6, 6.07) is 8.03. The minimum absolute atomic E-state index is 0.405. The van der Waals surface area contributed by atoms with Crippen LogP contribution in [-0.4, -0.2) is 5.91 Å². The van der Waals surface area contributed by atoms with Gasteiger partial charge in [-0.2, -0.15) is 8.78 Å². The number of thiophene rings is 1. The number of benzene rings is 1. The van der Waals surface area contributed by atoms with E-state index in [1.54, 1.807) is 0 Å². The Morgan fingerprint density at radius 3 is 2.28 bits per heavy atom. The Hall–Kier alpha value is -1.82. The Labute approximate surface area is 105 Å². The molecule has 0 saturated carbocycles. The zero-order valence-corrected chi connectivity index (χ0v) is 9.81. The van der Waals surface area contributed by atoms with E-state index in [4.69, 9.17) is 0 Å². The van der Waals surface area contributed by atoms with Gasteiger partial charge in [-0.1, -0.05) is 12.1 Å². The minimum atomic E-state index is -3.68. The van der Waals surface area contributed by atoms with E-state index in [-0.39, 0.29) is 0 Å². The fourth-order valence-electron chi connectivity index (χ4n) is 1.40. The minimum Gasteiger partial charge on any atom is -0.364 e. The molecule has 0 atom stereocenters. The Balaban J connectivity index is 2.37. The van der Waals surface area contributed by atoms with E-state index in [1.165, 1.54) is 30.3 Å². The molecular weight excluding hydrogens is 263 g/mol. The lowest BCUT2D eigenvalue weighted by Gasteiger charge is -2.08. The van der Waals surface area contributed by atoms with E-state index < -0.39 is 22.5 Å². The number of rotatable bonds is 3. The summed E-state index contributed by atoms with van der Waals surface area (Å²) in [5.74, 6) is -5.77. The summed E-state index contributed by atoms with van der Waals surface area (Å²) in [4.78, 5) is 10.7. The zero-order valence-electron chi connectivity index (χ0n) is 8.99. The highest BCUT2D eigenvalue weighted by molar-refractivity contribution is 7.15. The van der Waals surface area contributed by atoms with Crippen LogP contribution in [0.3, 0.4) is 0 Å². The van der Waals surface area contributed by atoms with Crippen LogP contribution >= 0.6 is 11.3 Å². The summed E-state index contributed by atoms with van der Waals surface area (Å²) in [5, 5.41) is 0. The molecule has 6 heteroatoms. The zero-order chi connectivity index (χ0) is 13.3. The molecule has 0 radical (unpaired) electrons. The first-order chi connectivity index (χ1) is 8.41. The maximum atomic E-state index is 13.3. The molecule has 0 fully saturated rings. The van der Waals surface area contributed by atoms with Gasteiger partial charge in [-0.25, -0.2) is 4.39 Å². The van der Waals surface area contributed by atoms with E-state index in [2.05, 4.69) is 5.73 Å². The van der Waals surface area contributed by atoms with Gasteiger partial charge < -0.3 is 5.73 Å². The average Bonchev–Trinajstić information content (AvgIpc) is 2.79. The third-order valence-corrected chi connectivity index (χ3v) is 3.56. The van der Waals surface area contributed by atoms with Crippen molar-refractivity contribution in [2.45, 2.75) is 5.92 Å². The number of alkyl halides is 2. The fourth-order valence-corrected chi connectivity index (χ4v) is 2.39. The van der Waals surface area contributed by atoms with Gasteiger partial charge in [0.15, 0.2) is 0 Å². The van der Waals surface area contributed by atoms with Crippen molar-refractivity contribution in [2.24, 2.45) is 5.73 Å². The highest BCUT2D eigenvalue weighted by Crippen LogP contribution is 2.37. The van der Waals surface area contributed by atoms with Crippen LogP contribution in [0.1, 0.15) is 4.88 Å². The van der Waals surface area contributed by atoms with Gasteiger partial charge in [0.1, 0.15) is 5.82 Å². The van der Waals surface area contributed by atoms with Crippen LogP contribution in [0.25, 0.3) is 10.4 Å².